The summed E-state index contributed by atoms with van der Waals surface area (Å²) in [6.45, 7) is 4.11. The summed E-state index contributed by atoms with van der Waals surface area (Å²) < 4.78 is 11.3. The molecule has 5 nitrogen and oxygen atoms in total. The van der Waals surface area contributed by atoms with Gasteiger partial charge in [-0.25, -0.2) is 4.79 Å². The molecule has 2 aromatic rings. The number of aromatic amines is 1. The number of H-pyrrole nitrogens is 1. The molecule has 28 heavy (non-hydrogen) atoms. The van der Waals surface area contributed by atoms with Crippen LogP contribution in [0.25, 0.3) is 0 Å². The van der Waals surface area contributed by atoms with E-state index in [1.54, 1.807) is 13.0 Å². The number of esters is 1. The highest BCUT2D eigenvalue weighted by atomic mass is 16.5. The number of ether oxygens (including phenoxy) is 2. The summed E-state index contributed by atoms with van der Waals surface area (Å²) in [5.74, 6) is 0.122. The molecule has 1 heterocycles. The van der Waals surface area contributed by atoms with Gasteiger partial charge >= 0.3 is 5.97 Å². The van der Waals surface area contributed by atoms with Crippen LogP contribution in [0.5, 0.6) is 5.75 Å². The van der Waals surface area contributed by atoms with Gasteiger partial charge in [0.25, 0.3) is 5.56 Å². The van der Waals surface area contributed by atoms with Crippen molar-refractivity contribution in [1.82, 2.24) is 4.98 Å². The van der Waals surface area contributed by atoms with E-state index in [0.717, 1.165) is 31.4 Å². The Labute approximate surface area is 166 Å². The third-order valence-electron chi connectivity index (χ3n) is 5.37. The van der Waals surface area contributed by atoms with E-state index in [4.69, 9.17) is 9.47 Å². The molecule has 2 atom stereocenters. The van der Waals surface area contributed by atoms with E-state index in [1.165, 1.54) is 12.0 Å². The third kappa shape index (κ3) is 5.03. The van der Waals surface area contributed by atoms with Gasteiger partial charge in [-0.1, -0.05) is 43.7 Å². The maximum absolute atomic E-state index is 12.7. The average Bonchev–Trinajstić information content (AvgIpc) is 2.69. The van der Waals surface area contributed by atoms with Crippen LogP contribution in [-0.2, 0) is 17.6 Å². The normalized spacial score (nSPS) is 19.2. The highest BCUT2D eigenvalue weighted by molar-refractivity contribution is 5.92. The lowest BCUT2D eigenvalue weighted by atomic mass is 9.88. The number of carbonyl (C=O) groups is 1. The molecule has 1 aromatic carbocycles. The van der Waals surface area contributed by atoms with E-state index in [9.17, 15) is 9.59 Å². The number of rotatable bonds is 7. The number of hydrogen-bond acceptors (Lipinski definition) is 4. The van der Waals surface area contributed by atoms with Crippen LogP contribution >= 0.6 is 0 Å². The van der Waals surface area contributed by atoms with Crippen molar-refractivity contribution in [3.05, 3.63) is 63.6 Å². The van der Waals surface area contributed by atoms with Crippen molar-refractivity contribution in [1.29, 1.82) is 0 Å². The predicted molar refractivity (Wildman–Crippen MR) is 109 cm³/mol. The van der Waals surface area contributed by atoms with Gasteiger partial charge in [0.05, 0.1) is 6.61 Å². The number of carbonyl (C=O) groups excluding carboxylic acids is 1. The largest absolute Gasteiger partial charge is 0.489 e. The summed E-state index contributed by atoms with van der Waals surface area (Å²) in [6.07, 6.45) is 5.83. The lowest BCUT2D eigenvalue weighted by Crippen LogP contribution is -2.31. The fourth-order valence-corrected chi connectivity index (χ4v) is 3.75. The van der Waals surface area contributed by atoms with Gasteiger partial charge in [-0.3, -0.25) is 4.79 Å². The number of aromatic nitrogens is 1. The van der Waals surface area contributed by atoms with Crippen molar-refractivity contribution in [3.8, 4) is 5.75 Å². The molecule has 1 aromatic heterocycles. The minimum Gasteiger partial charge on any atom is -0.489 e. The second kappa shape index (κ2) is 9.58. The molecule has 0 radical (unpaired) electrons. The average molecular weight is 383 g/mol. The Balaban J connectivity index is 1.87. The van der Waals surface area contributed by atoms with Gasteiger partial charge < -0.3 is 14.5 Å². The zero-order chi connectivity index (χ0) is 19.9. The van der Waals surface area contributed by atoms with Gasteiger partial charge in [-0.2, -0.15) is 0 Å². The molecule has 1 saturated carbocycles. The number of hydrogen-bond donors (Lipinski definition) is 1. The zero-order valence-corrected chi connectivity index (χ0v) is 16.7. The Hall–Kier alpha value is -2.56. The number of pyridine rings is 1. The summed E-state index contributed by atoms with van der Waals surface area (Å²) in [5, 5.41) is 0. The minimum atomic E-state index is -0.628. The van der Waals surface area contributed by atoms with Gasteiger partial charge in [0, 0.05) is 11.8 Å². The zero-order valence-electron chi connectivity index (χ0n) is 16.7. The standard InChI is InChI=1S/C23H29NO4/c1-3-27-23(26)21-20(28-19-12-8-7-9-16(19)2)15-18(24-22(21)25)14-13-17-10-5-4-6-11-17/h4-6,10-11,15-16,19H,3,7-9,12-14H2,1-2H3,(H,24,25). The fourth-order valence-electron chi connectivity index (χ4n) is 3.75. The first-order valence-corrected chi connectivity index (χ1v) is 10.2. The van der Waals surface area contributed by atoms with Crippen LogP contribution in [-0.4, -0.2) is 23.7 Å². The SMILES string of the molecule is CCOC(=O)c1c(OC2CCCCC2C)cc(CCc2ccccc2)[nH]c1=O. The smallest absolute Gasteiger partial charge is 0.347 e. The third-order valence-corrected chi connectivity index (χ3v) is 5.37. The Morgan fingerprint density at radius 2 is 1.89 bits per heavy atom. The molecule has 3 rings (SSSR count). The van der Waals surface area contributed by atoms with Gasteiger partial charge in [-0.05, 0) is 50.5 Å². The molecule has 2 unspecified atom stereocenters. The van der Waals surface area contributed by atoms with Crippen LogP contribution in [0.2, 0.25) is 0 Å². The van der Waals surface area contributed by atoms with Crippen LogP contribution in [0.15, 0.2) is 41.2 Å². The lowest BCUT2D eigenvalue weighted by Gasteiger charge is -2.29. The monoisotopic (exact) mass is 383 g/mol. The molecule has 0 saturated heterocycles. The maximum Gasteiger partial charge on any atom is 0.347 e. The maximum atomic E-state index is 12.7. The molecular weight excluding hydrogens is 354 g/mol. The Bertz CT molecular complexity index is 843. The van der Waals surface area contributed by atoms with E-state index >= 15 is 0 Å². The first-order chi connectivity index (χ1) is 13.6. The van der Waals surface area contributed by atoms with Crippen LogP contribution in [0.1, 0.15) is 61.1 Å². The summed E-state index contributed by atoms with van der Waals surface area (Å²) in [4.78, 5) is 27.9. The van der Waals surface area contributed by atoms with E-state index in [2.05, 4.69) is 24.0 Å². The van der Waals surface area contributed by atoms with Crippen molar-refractivity contribution in [2.24, 2.45) is 5.92 Å². The summed E-state index contributed by atoms with van der Waals surface area (Å²) in [6, 6.07) is 11.9. The molecular formula is C23H29NO4. The van der Waals surface area contributed by atoms with Gasteiger partial charge in [0.1, 0.15) is 11.9 Å². The van der Waals surface area contributed by atoms with E-state index in [0.29, 0.717) is 18.1 Å². The fraction of sp³-hybridized carbons (Fsp3) is 0.478. The van der Waals surface area contributed by atoms with Crippen molar-refractivity contribution in [2.75, 3.05) is 6.61 Å². The van der Waals surface area contributed by atoms with Gasteiger partial charge in [0.2, 0.25) is 0 Å². The molecule has 1 aliphatic carbocycles. The second-order valence-corrected chi connectivity index (χ2v) is 7.49. The number of benzene rings is 1. The topological polar surface area (TPSA) is 68.4 Å². The van der Waals surface area contributed by atoms with Crippen molar-refractivity contribution in [3.63, 3.8) is 0 Å². The molecule has 1 fully saturated rings. The molecule has 1 aliphatic rings. The Morgan fingerprint density at radius 1 is 1.14 bits per heavy atom. The predicted octanol–water partition coefficient (Wildman–Crippen LogP) is 4.29. The van der Waals surface area contributed by atoms with Gasteiger partial charge in [0.15, 0.2) is 5.56 Å². The van der Waals surface area contributed by atoms with E-state index < -0.39 is 11.5 Å². The molecule has 0 spiro atoms. The molecule has 0 aliphatic heterocycles. The van der Waals surface area contributed by atoms with Crippen LogP contribution in [0.4, 0.5) is 0 Å². The van der Waals surface area contributed by atoms with Crippen molar-refractivity contribution >= 4 is 5.97 Å². The quantitative estimate of drug-likeness (QED) is 0.724. The molecule has 1 N–H and O–H groups in total. The molecule has 0 bridgehead atoms. The van der Waals surface area contributed by atoms with Gasteiger partial charge in [-0.15, -0.1) is 0 Å². The van der Waals surface area contributed by atoms with E-state index in [-0.39, 0.29) is 18.3 Å². The first-order valence-electron chi connectivity index (χ1n) is 10.2. The summed E-state index contributed by atoms with van der Waals surface area (Å²) in [7, 11) is 0. The van der Waals surface area contributed by atoms with Crippen molar-refractivity contribution in [2.45, 2.75) is 58.5 Å². The summed E-state index contributed by atoms with van der Waals surface area (Å²) >= 11 is 0. The summed E-state index contributed by atoms with van der Waals surface area (Å²) in [5.41, 5.74) is 1.49. The number of aryl methyl sites for hydroxylation is 2. The first kappa shape index (κ1) is 20.2. The van der Waals surface area contributed by atoms with Crippen molar-refractivity contribution < 1.29 is 14.3 Å². The number of nitrogens with one attached hydrogen (secondary N) is 1. The highest BCUT2D eigenvalue weighted by Crippen LogP contribution is 2.29. The minimum absolute atomic E-state index is 0.0192. The lowest BCUT2D eigenvalue weighted by molar-refractivity contribution is 0.0506. The molecule has 150 valence electrons. The van der Waals surface area contributed by atoms with Crippen LogP contribution in [0, 0.1) is 5.92 Å². The Morgan fingerprint density at radius 3 is 2.61 bits per heavy atom. The van der Waals surface area contributed by atoms with Crippen LogP contribution in [0.3, 0.4) is 0 Å². The second-order valence-electron chi connectivity index (χ2n) is 7.49. The Kier molecular flexibility index (Phi) is 6.90. The van der Waals surface area contributed by atoms with Crippen LogP contribution < -0.4 is 10.3 Å². The highest BCUT2D eigenvalue weighted by Gasteiger charge is 2.27. The molecule has 5 heteroatoms. The van der Waals surface area contributed by atoms with E-state index in [1.807, 2.05) is 18.2 Å². The molecule has 0 amide bonds.